The molecule has 2 aromatic heterocycles. The Bertz CT molecular complexity index is 926. The Morgan fingerprint density at radius 3 is 2.96 bits per heavy atom. The molecule has 0 fully saturated rings. The molecule has 26 heavy (non-hydrogen) atoms. The molecule has 0 radical (unpaired) electrons. The van der Waals surface area contributed by atoms with Crippen LogP contribution in [-0.4, -0.2) is 23.9 Å². The first-order valence-corrected chi connectivity index (χ1v) is 10.3. The molecule has 0 spiro atoms. The minimum Gasteiger partial charge on any atom is -0.322 e. The van der Waals surface area contributed by atoms with Gasteiger partial charge in [-0.25, -0.2) is 4.39 Å². The number of rotatable bonds is 4. The summed E-state index contributed by atoms with van der Waals surface area (Å²) in [6, 6.07) is 10.5. The Labute approximate surface area is 164 Å². The van der Waals surface area contributed by atoms with E-state index in [1.165, 1.54) is 33.5 Å². The molecule has 0 aliphatic carbocycles. The lowest BCUT2D eigenvalue weighted by Crippen LogP contribution is -2.40. The highest BCUT2D eigenvalue weighted by atomic mass is 35.5. The number of amides is 1. The van der Waals surface area contributed by atoms with Crippen LogP contribution in [0.2, 0.25) is 5.02 Å². The molecule has 1 amide bonds. The maximum atomic E-state index is 13.9. The largest absolute Gasteiger partial charge is 0.322 e. The van der Waals surface area contributed by atoms with Gasteiger partial charge in [0.25, 0.3) is 0 Å². The van der Waals surface area contributed by atoms with Crippen molar-refractivity contribution in [2.75, 3.05) is 18.4 Å². The summed E-state index contributed by atoms with van der Waals surface area (Å²) in [7, 11) is 0. The van der Waals surface area contributed by atoms with Gasteiger partial charge >= 0.3 is 0 Å². The molecule has 3 nitrogen and oxygen atoms in total. The third-order valence-electron chi connectivity index (χ3n) is 4.43. The highest BCUT2D eigenvalue weighted by molar-refractivity contribution is 7.10. The van der Waals surface area contributed by atoms with Crippen LogP contribution in [-0.2, 0) is 11.2 Å². The van der Waals surface area contributed by atoms with Crippen LogP contribution in [0.3, 0.4) is 0 Å². The molecule has 1 aliphatic heterocycles. The molecular weight excluding hydrogens is 391 g/mol. The molecule has 7 heteroatoms. The van der Waals surface area contributed by atoms with Crippen LogP contribution in [0.15, 0.2) is 47.2 Å². The topological polar surface area (TPSA) is 32.3 Å². The molecule has 134 valence electrons. The van der Waals surface area contributed by atoms with Crippen molar-refractivity contribution >= 4 is 45.9 Å². The summed E-state index contributed by atoms with van der Waals surface area (Å²) in [6.07, 6.45) is 0.924. The third kappa shape index (κ3) is 3.55. The molecule has 1 atom stereocenters. The smallest absolute Gasteiger partial charge is 0.238 e. The van der Waals surface area contributed by atoms with E-state index in [1.54, 1.807) is 22.7 Å². The Morgan fingerprint density at radius 2 is 2.15 bits per heavy atom. The second kappa shape index (κ2) is 7.48. The van der Waals surface area contributed by atoms with E-state index in [0.717, 1.165) is 13.0 Å². The van der Waals surface area contributed by atoms with Gasteiger partial charge in [0.15, 0.2) is 0 Å². The van der Waals surface area contributed by atoms with Crippen molar-refractivity contribution in [1.29, 1.82) is 0 Å². The van der Waals surface area contributed by atoms with Crippen molar-refractivity contribution in [2.45, 2.75) is 12.5 Å². The van der Waals surface area contributed by atoms with Crippen molar-refractivity contribution < 1.29 is 9.18 Å². The summed E-state index contributed by atoms with van der Waals surface area (Å²) in [5, 5.41) is 7.19. The lowest BCUT2D eigenvalue weighted by atomic mass is 9.98. The molecule has 1 aliphatic rings. The second-order valence-electron chi connectivity index (χ2n) is 6.11. The average molecular weight is 407 g/mol. The van der Waals surface area contributed by atoms with Crippen LogP contribution >= 0.6 is 34.3 Å². The number of fused-ring (bicyclic) bond motifs is 1. The lowest BCUT2D eigenvalue weighted by Gasteiger charge is -2.34. The van der Waals surface area contributed by atoms with Crippen LogP contribution in [0.1, 0.15) is 21.4 Å². The van der Waals surface area contributed by atoms with Gasteiger partial charge in [0.2, 0.25) is 5.91 Å². The van der Waals surface area contributed by atoms with Crippen molar-refractivity contribution in [3.63, 3.8) is 0 Å². The summed E-state index contributed by atoms with van der Waals surface area (Å²) >= 11 is 9.36. The quantitative estimate of drug-likeness (QED) is 0.646. The Kier molecular flexibility index (Phi) is 5.09. The zero-order valence-electron chi connectivity index (χ0n) is 13.7. The van der Waals surface area contributed by atoms with Gasteiger partial charge < -0.3 is 5.32 Å². The maximum absolute atomic E-state index is 13.9. The van der Waals surface area contributed by atoms with Gasteiger partial charge in [0, 0.05) is 21.3 Å². The van der Waals surface area contributed by atoms with Crippen molar-refractivity contribution in [1.82, 2.24) is 4.90 Å². The number of benzene rings is 1. The van der Waals surface area contributed by atoms with Gasteiger partial charge in [-0.2, -0.15) is 0 Å². The number of hydrogen-bond donors (Lipinski definition) is 1. The third-order valence-corrected chi connectivity index (χ3v) is 6.58. The monoisotopic (exact) mass is 406 g/mol. The number of nitrogens with one attached hydrogen (secondary N) is 1. The average Bonchev–Trinajstić information content (AvgIpc) is 3.29. The first kappa shape index (κ1) is 17.7. The van der Waals surface area contributed by atoms with Gasteiger partial charge in [-0.1, -0.05) is 17.7 Å². The number of carbonyl (C=O) groups excluding carboxylic acids is 1. The fourth-order valence-electron chi connectivity index (χ4n) is 3.29. The van der Waals surface area contributed by atoms with Gasteiger partial charge in [-0.3, -0.25) is 9.69 Å². The second-order valence-corrected chi connectivity index (χ2v) is 8.53. The lowest BCUT2D eigenvalue weighted by molar-refractivity contribution is -0.117. The van der Waals surface area contributed by atoms with Crippen molar-refractivity contribution in [3.8, 4) is 0 Å². The highest BCUT2D eigenvalue weighted by Crippen LogP contribution is 2.39. The summed E-state index contributed by atoms with van der Waals surface area (Å²) < 4.78 is 13.9. The van der Waals surface area contributed by atoms with Gasteiger partial charge in [-0.15, -0.1) is 22.7 Å². The van der Waals surface area contributed by atoms with Crippen LogP contribution in [0.5, 0.6) is 0 Å². The van der Waals surface area contributed by atoms with E-state index in [0.29, 0.717) is 5.02 Å². The fraction of sp³-hybridized carbons (Fsp3) is 0.211. The molecule has 4 rings (SSSR count). The van der Waals surface area contributed by atoms with E-state index in [1.807, 2.05) is 6.07 Å². The number of hydrogen-bond acceptors (Lipinski definition) is 4. The maximum Gasteiger partial charge on any atom is 0.238 e. The van der Waals surface area contributed by atoms with Crippen LogP contribution in [0.25, 0.3) is 0 Å². The number of carbonyl (C=O) groups is 1. The van der Waals surface area contributed by atoms with Crippen LogP contribution in [0, 0.1) is 5.82 Å². The Morgan fingerprint density at radius 1 is 1.27 bits per heavy atom. The number of anilines is 1. The summed E-state index contributed by atoms with van der Waals surface area (Å²) in [5.41, 5.74) is 1.38. The molecule has 0 saturated carbocycles. The molecular formula is C19H16ClFN2OS2. The van der Waals surface area contributed by atoms with E-state index in [9.17, 15) is 9.18 Å². The predicted molar refractivity (Wildman–Crippen MR) is 106 cm³/mol. The van der Waals surface area contributed by atoms with Crippen molar-refractivity contribution in [2.24, 2.45) is 0 Å². The first-order chi connectivity index (χ1) is 12.6. The molecule has 3 aromatic rings. The predicted octanol–water partition coefficient (Wildman–Crippen LogP) is 5.19. The van der Waals surface area contributed by atoms with E-state index in [4.69, 9.17) is 11.6 Å². The standard InChI is InChI=1S/C19H16ClFN2OS2/c20-12-3-4-14(21)15(10-12)22-18(24)11-23-7-5-16-13(6-9-26-16)19(23)17-2-1-8-25-17/h1-4,6,8-10,19H,5,7,11H2,(H,22,24). The van der Waals surface area contributed by atoms with Crippen LogP contribution < -0.4 is 5.32 Å². The van der Waals surface area contributed by atoms with Gasteiger partial charge in [-0.05, 0) is 53.1 Å². The van der Waals surface area contributed by atoms with Gasteiger partial charge in [0.05, 0.1) is 18.3 Å². The number of halogens is 2. The van der Waals surface area contributed by atoms with E-state index in [2.05, 4.69) is 33.1 Å². The fourth-order valence-corrected chi connectivity index (χ4v) is 5.24. The van der Waals surface area contributed by atoms with Crippen molar-refractivity contribution in [3.05, 3.63) is 73.3 Å². The molecule has 3 heterocycles. The zero-order chi connectivity index (χ0) is 18.1. The number of nitrogens with zero attached hydrogens (tertiary/aromatic N) is 1. The Balaban J connectivity index is 1.55. The molecule has 0 bridgehead atoms. The van der Waals surface area contributed by atoms with Gasteiger partial charge in [0.1, 0.15) is 5.82 Å². The molecule has 1 unspecified atom stereocenters. The normalized spacial score (nSPS) is 17.1. The molecule has 1 N–H and O–H groups in total. The minimum atomic E-state index is -0.490. The van der Waals surface area contributed by atoms with Crippen LogP contribution in [0.4, 0.5) is 10.1 Å². The molecule has 0 saturated heterocycles. The first-order valence-electron chi connectivity index (χ1n) is 8.20. The summed E-state index contributed by atoms with van der Waals surface area (Å²) in [4.78, 5) is 17.3. The SMILES string of the molecule is O=C(CN1CCc2sccc2C1c1cccs1)Nc1cc(Cl)ccc1F. The van der Waals surface area contributed by atoms with E-state index in [-0.39, 0.29) is 24.2 Å². The number of thiophene rings is 2. The summed E-state index contributed by atoms with van der Waals surface area (Å²) in [5.74, 6) is -0.734. The van der Waals surface area contributed by atoms with E-state index >= 15 is 0 Å². The Hall–Kier alpha value is -1.73. The minimum absolute atomic E-state index is 0.0694. The molecule has 1 aromatic carbocycles. The van der Waals surface area contributed by atoms with E-state index < -0.39 is 5.82 Å². The summed E-state index contributed by atoms with van der Waals surface area (Å²) in [6.45, 7) is 0.991. The highest BCUT2D eigenvalue weighted by Gasteiger charge is 2.31. The zero-order valence-corrected chi connectivity index (χ0v) is 16.1.